The van der Waals surface area contributed by atoms with E-state index in [1.807, 2.05) is 32.0 Å². The van der Waals surface area contributed by atoms with E-state index in [1.165, 1.54) is 6.33 Å². The number of aromatic nitrogens is 3. The van der Waals surface area contributed by atoms with Crippen molar-refractivity contribution in [2.75, 3.05) is 0 Å². The molecule has 0 aliphatic heterocycles. The highest BCUT2D eigenvalue weighted by molar-refractivity contribution is 14.1. The summed E-state index contributed by atoms with van der Waals surface area (Å²) in [6.07, 6.45) is 1.76. The number of rotatable bonds is 4. The molecule has 0 aliphatic carbocycles. The maximum absolute atomic E-state index is 12.4. The smallest absolute Gasteiger partial charge is 0.171 e. The van der Waals surface area contributed by atoms with Crippen molar-refractivity contribution >= 4 is 44.3 Å². The third-order valence-corrected chi connectivity index (χ3v) is 4.12. The molecule has 0 unspecified atom stereocenters. The van der Waals surface area contributed by atoms with Gasteiger partial charge in [-0.05, 0) is 54.6 Å². The molecule has 6 heteroatoms. The molecule has 0 spiro atoms. The van der Waals surface area contributed by atoms with E-state index in [2.05, 4.69) is 48.6 Å². The second kappa shape index (κ2) is 6.13. The van der Waals surface area contributed by atoms with Gasteiger partial charge < -0.3 is 0 Å². The highest BCUT2D eigenvalue weighted by Gasteiger charge is 2.16. The lowest BCUT2D eigenvalue weighted by Gasteiger charge is -2.09. The summed E-state index contributed by atoms with van der Waals surface area (Å²) in [6.45, 7) is 4.04. The van der Waals surface area contributed by atoms with Crippen LogP contribution in [0.5, 0.6) is 0 Å². The Morgan fingerprint density at radius 1 is 1.47 bits per heavy atom. The number of nitrogens with zero attached hydrogens (tertiary/aromatic N) is 3. The summed E-state index contributed by atoms with van der Waals surface area (Å²) < 4.78 is 3.63. The van der Waals surface area contributed by atoms with E-state index in [0.29, 0.717) is 11.4 Å². The fraction of sp³-hybridized carbons (Fsp3) is 0.308. The van der Waals surface area contributed by atoms with Gasteiger partial charge in [-0.1, -0.05) is 15.9 Å². The van der Waals surface area contributed by atoms with E-state index in [0.717, 1.165) is 8.04 Å². The second-order valence-electron chi connectivity index (χ2n) is 4.44. The lowest BCUT2D eigenvalue weighted by atomic mass is 10.1. The second-order valence-corrected chi connectivity index (χ2v) is 6.52. The molecule has 0 fully saturated rings. The van der Waals surface area contributed by atoms with E-state index >= 15 is 0 Å². The zero-order chi connectivity index (χ0) is 14.0. The Labute approximate surface area is 133 Å². The van der Waals surface area contributed by atoms with Crippen molar-refractivity contribution in [3.63, 3.8) is 0 Å². The highest BCUT2D eigenvalue weighted by atomic mass is 127. The molecule has 0 saturated heterocycles. The Hall–Kier alpha value is -0.760. The van der Waals surface area contributed by atoms with E-state index in [1.54, 1.807) is 4.68 Å². The molecule has 0 N–H and O–H groups in total. The van der Waals surface area contributed by atoms with Gasteiger partial charge in [-0.25, -0.2) is 9.67 Å². The van der Waals surface area contributed by atoms with Gasteiger partial charge in [-0.15, -0.1) is 0 Å². The largest absolute Gasteiger partial charge is 0.294 e. The first-order chi connectivity index (χ1) is 8.99. The minimum absolute atomic E-state index is 0.0561. The number of carbonyl (C=O) groups excluding carboxylic acids is 1. The Kier molecular flexibility index (Phi) is 4.72. The van der Waals surface area contributed by atoms with E-state index in [-0.39, 0.29) is 18.2 Å². The van der Waals surface area contributed by atoms with Crippen LogP contribution in [0.15, 0.2) is 29.0 Å². The first-order valence-electron chi connectivity index (χ1n) is 5.85. The summed E-state index contributed by atoms with van der Waals surface area (Å²) in [7, 11) is 0. The van der Waals surface area contributed by atoms with Crippen molar-refractivity contribution in [1.82, 2.24) is 14.8 Å². The van der Waals surface area contributed by atoms with Crippen LogP contribution in [0.25, 0.3) is 0 Å². The lowest BCUT2D eigenvalue weighted by molar-refractivity contribution is 0.0988. The van der Waals surface area contributed by atoms with Gasteiger partial charge in [-0.2, -0.15) is 5.10 Å². The number of carbonyl (C=O) groups is 1. The normalized spacial score (nSPS) is 11.0. The topological polar surface area (TPSA) is 47.8 Å². The van der Waals surface area contributed by atoms with Crippen LogP contribution < -0.4 is 0 Å². The Morgan fingerprint density at radius 3 is 2.89 bits per heavy atom. The molecule has 0 bridgehead atoms. The third kappa shape index (κ3) is 3.42. The predicted molar refractivity (Wildman–Crippen MR) is 85.3 cm³/mol. The summed E-state index contributed by atoms with van der Waals surface area (Å²) in [5.74, 6) is 0.761. The zero-order valence-corrected chi connectivity index (χ0v) is 14.3. The molecule has 19 heavy (non-hydrogen) atoms. The van der Waals surface area contributed by atoms with Gasteiger partial charge in [0.25, 0.3) is 0 Å². The maximum atomic E-state index is 12.4. The minimum Gasteiger partial charge on any atom is -0.294 e. The monoisotopic (exact) mass is 433 g/mol. The molecular weight excluding hydrogens is 421 g/mol. The molecule has 2 rings (SSSR count). The SMILES string of the molecule is CC(C)n1ncnc1CC(=O)c1cc(Br)ccc1I. The minimum atomic E-state index is 0.0561. The summed E-state index contributed by atoms with van der Waals surface area (Å²) in [6, 6.07) is 5.90. The average Bonchev–Trinajstić information content (AvgIpc) is 2.80. The summed E-state index contributed by atoms with van der Waals surface area (Å²) >= 11 is 5.56. The third-order valence-electron chi connectivity index (χ3n) is 2.68. The summed E-state index contributed by atoms with van der Waals surface area (Å²) in [5, 5.41) is 4.14. The first-order valence-corrected chi connectivity index (χ1v) is 7.73. The van der Waals surface area contributed by atoms with Gasteiger partial charge >= 0.3 is 0 Å². The molecular formula is C13H13BrIN3O. The summed E-state index contributed by atoms with van der Waals surface area (Å²) in [4.78, 5) is 16.5. The molecule has 0 atom stereocenters. The quantitative estimate of drug-likeness (QED) is 0.546. The molecule has 0 aliphatic rings. The van der Waals surface area contributed by atoms with Crippen molar-refractivity contribution in [2.45, 2.75) is 26.3 Å². The van der Waals surface area contributed by atoms with E-state index in [4.69, 9.17) is 0 Å². The number of hydrogen-bond acceptors (Lipinski definition) is 3. The first kappa shape index (κ1) is 14.6. The zero-order valence-electron chi connectivity index (χ0n) is 10.6. The molecule has 1 aromatic carbocycles. The lowest BCUT2D eigenvalue weighted by Crippen LogP contribution is -2.14. The Balaban J connectivity index is 2.26. The molecule has 1 aromatic heterocycles. The average molecular weight is 434 g/mol. The van der Waals surface area contributed by atoms with Crippen LogP contribution in [-0.4, -0.2) is 20.5 Å². The molecule has 0 amide bonds. The van der Waals surface area contributed by atoms with Crippen molar-refractivity contribution < 1.29 is 4.79 Å². The van der Waals surface area contributed by atoms with Crippen LogP contribution in [0.1, 0.15) is 36.1 Å². The van der Waals surface area contributed by atoms with Crippen LogP contribution in [0, 0.1) is 3.57 Å². The number of hydrogen-bond donors (Lipinski definition) is 0. The van der Waals surface area contributed by atoms with Crippen LogP contribution in [0.3, 0.4) is 0 Å². The highest BCUT2D eigenvalue weighted by Crippen LogP contribution is 2.20. The number of ketones is 1. The number of benzene rings is 1. The van der Waals surface area contributed by atoms with Crippen LogP contribution in [-0.2, 0) is 6.42 Å². The van der Waals surface area contributed by atoms with E-state index < -0.39 is 0 Å². The van der Waals surface area contributed by atoms with Gasteiger partial charge in [0.05, 0.1) is 6.42 Å². The molecule has 100 valence electrons. The van der Waals surface area contributed by atoms with Gasteiger partial charge in [0, 0.05) is 19.6 Å². The number of Topliss-reactive ketones (excluding diaryl/α,β-unsaturated/α-hetero) is 1. The Morgan fingerprint density at radius 2 is 2.21 bits per heavy atom. The predicted octanol–water partition coefficient (Wildman–Crippen LogP) is 3.65. The molecule has 0 radical (unpaired) electrons. The molecule has 2 aromatic rings. The van der Waals surface area contributed by atoms with Gasteiger partial charge in [-0.3, -0.25) is 4.79 Å². The standard InChI is InChI=1S/C13H13BrIN3O/c1-8(2)18-13(16-7-17-18)6-12(19)10-5-9(14)3-4-11(10)15/h3-5,7-8H,6H2,1-2H3. The van der Waals surface area contributed by atoms with Crippen molar-refractivity contribution in [3.05, 3.63) is 44.0 Å². The van der Waals surface area contributed by atoms with E-state index in [9.17, 15) is 4.79 Å². The maximum Gasteiger partial charge on any atom is 0.171 e. The van der Waals surface area contributed by atoms with Crippen LogP contribution in [0.2, 0.25) is 0 Å². The molecule has 0 saturated carbocycles. The van der Waals surface area contributed by atoms with Crippen molar-refractivity contribution in [2.24, 2.45) is 0 Å². The van der Waals surface area contributed by atoms with Crippen molar-refractivity contribution in [1.29, 1.82) is 0 Å². The summed E-state index contributed by atoms with van der Waals surface area (Å²) in [5.41, 5.74) is 0.716. The van der Waals surface area contributed by atoms with Crippen LogP contribution >= 0.6 is 38.5 Å². The number of halogens is 2. The fourth-order valence-electron chi connectivity index (χ4n) is 1.78. The molecule has 4 nitrogen and oxygen atoms in total. The van der Waals surface area contributed by atoms with Gasteiger partial charge in [0.1, 0.15) is 12.2 Å². The molecule has 1 heterocycles. The Bertz CT molecular complexity index is 610. The fourth-order valence-corrected chi connectivity index (χ4v) is 2.78. The van der Waals surface area contributed by atoms with Crippen molar-refractivity contribution in [3.8, 4) is 0 Å². The van der Waals surface area contributed by atoms with Gasteiger partial charge in [0.2, 0.25) is 0 Å². The van der Waals surface area contributed by atoms with Crippen LogP contribution in [0.4, 0.5) is 0 Å². The van der Waals surface area contributed by atoms with Gasteiger partial charge in [0.15, 0.2) is 5.78 Å².